The van der Waals surface area contributed by atoms with Crippen LogP contribution in [0, 0.1) is 0 Å². The Morgan fingerprint density at radius 1 is 0.895 bits per heavy atom. The largest absolute Gasteiger partial charge is 0.271 e. The van der Waals surface area contributed by atoms with Gasteiger partial charge in [0.1, 0.15) is 0 Å². The third-order valence-electron chi connectivity index (χ3n) is 2.90. The summed E-state index contributed by atoms with van der Waals surface area (Å²) in [6, 6.07) is 20.0. The highest BCUT2D eigenvalue weighted by molar-refractivity contribution is 5.89. The summed E-state index contributed by atoms with van der Waals surface area (Å²) in [5, 5.41) is 1.09. The van der Waals surface area contributed by atoms with Gasteiger partial charge in [0.2, 0.25) is 0 Å². The van der Waals surface area contributed by atoms with E-state index in [-0.39, 0.29) is 0 Å². The minimum Gasteiger partial charge on any atom is -0.271 e. The number of para-hydroxylation sites is 1. The van der Waals surface area contributed by atoms with Crippen molar-refractivity contribution in [2.45, 2.75) is 6.61 Å². The van der Waals surface area contributed by atoms with Crippen LogP contribution >= 0.6 is 0 Å². The number of nitrogens with zero attached hydrogens (tertiary/aromatic N) is 1. The molecule has 1 N–H and O–H groups in total. The maximum atomic E-state index is 5.52. The summed E-state index contributed by atoms with van der Waals surface area (Å²) in [7, 11) is 0. The summed E-state index contributed by atoms with van der Waals surface area (Å²) in [4.78, 5) is 9.89. The SMILES string of the molecule is c1ccc(CONc2cccc3cccnc23)cc1. The van der Waals surface area contributed by atoms with Crippen molar-refractivity contribution in [2.75, 3.05) is 5.48 Å². The molecule has 0 aliphatic rings. The smallest absolute Gasteiger partial charge is 0.0996 e. The summed E-state index contributed by atoms with van der Waals surface area (Å²) >= 11 is 0. The highest BCUT2D eigenvalue weighted by atomic mass is 16.6. The molecule has 0 atom stereocenters. The van der Waals surface area contributed by atoms with E-state index in [4.69, 9.17) is 4.84 Å². The molecule has 0 amide bonds. The van der Waals surface area contributed by atoms with Gasteiger partial charge in [0.05, 0.1) is 17.8 Å². The predicted molar refractivity (Wildman–Crippen MR) is 76.6 cm³/mol. The Morgan fingerprint density at radius 3 is 2.63 bits per heavy atom. The minimum absolute atomic E-state index is 0.518. The summed E-state index contributed by atoms with van der Waals surface area (Å²) in [5.41, 5.74) is 5.90. The lowest BCUT2D eigenvalue weighted by Gasteiger charge is -2.09. The first-order valence-electron chi connectivity index (χ1n) is 6.19. The molecule has 19 heavy (non-hydrogen) atoms. The standard InChI is InChI=1S/C16H14N2O/c1-2-6-13(7-3-1)12-19-18-15-10-4-8-14-9-5-11-17-16(14)15/h1-11,18H,12H2. The van der Waals surface area contributed by atoms with Crippen LogP contribution in [0.3, 0.4) is 0 Å². The molecule has 3 aromatic rings. The molecule has 0 aliphatic heterocycles. The quantitative estimate of drug-likeness (QED) is 0.715. The number of nitrogens with one attached hydrogen (secondary N) is 1. The lowest BCUT2D eigenvalue weighted by molar-refractivity contribution is 0.180. The average Bonchev–Trinajstić information content (AvgIpc) is 2.49. The number of hydrogen-bond donors (Lipinski definition) is 1. The molecule has 0 saturated carbocycles. The van der Waals surface area contributed by atoms with Gasteiger partial charge in [-0.25, -0.2) is 0 Å². The van der Waals surface area contributed by atoms with Crippen LogP contribution in [0.5, 0.6) is 0 Å². The third kappa shape index (κ3) is 2.72. The van der Waals surface area contributed by atoms with Crippen molar-refractivity contribution in [3.05, 3.63) is 72.4 Å². The van der Waals surface area contributed by atoms with E-state index in [0.29, 0.717) is 6.61 Å². The molecule has 0 fully saturated rings. The zero-order valence-corrected chi connectivity index (χ0v) is 10.4. The van der Waals surface area contributed by atoms with E-state index in [9.17, 15) is 0 Å². The summed E-state index contributed by atoms with van der Waals surface area (Å²) in [5.74, 6) is 0. The molecular weight excluding hydrogens is 236 g/mol. The predicted octanol–water partition coefficient (Wildman–Crippen LogP) is 3.78. The highest BCUT2D eigenvalue weighted by Gasteiger charge is 2.01. The first-order chi connectivity index (χ1) is 9.43. The van der Waals surface area contributed by atoms with Gasteiger partial charge < -0.3 is 0 Å². The Morgan fingerprint density at radius 2 is 1.74 bits per heavy atom. The molecule has 2 aromatic carbocycles. The molecular formula is C16H14N2O. The Kier molecular flexibility index (Phi) is 3.38. The molecule has 1 aromatic heterocycles. The number of benzene rings is 2. The second-order valence-corrected chi connectivity index (χ2v) is 4.26. The van der Waals surface area contributed by atoms with Crippen LogP contribution < -0.4 is 5.48 Å². The van der Waals surface area contributed by atoms with E-state index in [0.717, 1.165) is 22.2 Å². The molecule has 0 bridgehead atoms. The van der Waals surface area contributed by atoms with E-state index in [1.165, 1.54) is 0 Å². The van der Waals surface area contributed by atoms with Crippen LogP contribution in [0.15, 0.2) is 66.9 Å². The number of fused-ring (bicyclic) bond motifs is 1. The number of pyridine rings is 1. The lowest BCUT2D eigenvalue weighted by Crippen LogP contribution is -2.02. The van der Waals surface area contributed by atoms with E-state index in [2.05, 4.69) is 10.5 Å². The Bertz CT molecular complexity index is 662. The fraction of sp³-hybridized carbons (Fsp3) is 0.0625. The second-order valence-electron chi connectivity index (χ2n) is 4.26. The van der Waals surface area contributed by atoms with Crippen molar-refractivity contribution >= 4 is 16.6 Å². The van der Waals surface area contributed by atoms with E-state index < -0.39 is 0 Å². The van der Waals surface area contributed by atoms with Gasteiger partial charge in [0, 0.05) is 11.6 Å². The molecule has 3 heteroatoms. The third-order valence-corrected chi connectivity index (χ3v) is 2.90. The first-order valence-corrected chi connectivity index (χ1v) is 6.19. The van der Waals surface area contributed by atoms with Gasteiger partial charge in [-0.05, 0) is 17.7 Å². The summed E-state index contributed by atoms with van der Waals surface area (Å²) < 4.78 is 0. The van der Waals surface area contributed by atoms with Crippen molar-refractivity contribution in [3.63, 3.8) is 0 Å². The minimum atomic E-state index is 0.518. The molecule has 3 rings (SSSR count). The van der Waals surface area contributed by atoms with Gasteiger partial charge in [-0.15, -0.1) is 0 Å². The Hall–Kier alpha value is -2.39. The monoisotopic (exact) mass is 250 g/mol. The van der Waals surface area contributed by atoms with Crippen LogP contribution in [-0.4, -0.2) is 4.98 Å². The van der Waals surface area contributed by atoms with Crippen molar-refractivity contribution in [1.82, 2.24) is 4.98 Å². The van der Waals surface area contributed by atoms with Gasteiger partial charge in [0.25, 0.3) is 0 Å². The lowest BCUT2D eigenvalue weighted by atomic mass is 10.2. The average molecular weight is 250 g/mol. The number of rotatable bonds is 4. The van der Waals surface area contributed by atoms with Gasteiger partial charge in [-0.2, -0.15) is 0 Å². The molecule has 94 valence electrons. The van der Waals surface area contributed by atoms with Crippen LogP contribution in [-0.2, 0) is 11.4 Å². The van der Waals surface area contributed by atoms with Gasteiger partial charge in [-0.1, -0.05) is 48.5 Å². The van der Waals surface area contributed by atoms with Gasteiger partial charge in [0.15, 0.2) is 0 Å². The fourth-order valence-corrected chi connectivity index (χ4v) is 1.96. The van der Waals surface area contributed by atoms with E-state index >= 15 is 0 Å². The van der Waals surface area contributed by atoms with Crippen molar-refractivity contribution < 1.29 is 4.84 Å². The molecule has 0 spiro atoms. The topological polar surface area (TPSA) is 34.1 Å². The van der Waals surface area contributed by atoms with Crippen molar-refractivity contribution in [1.29, 1.82) is 0 Å². The van der Waals surface area contributed by atoms with Crippen LogP contribution in [0.1, 0.15) is 5.56 Å². The molecule has 0 saturated heterocycles. The molecule has 0 radical (unpaired) electrons. The zero-order chi connectivity index (χ0) is 12.9. The molecule has 3 nitrogen and oxygen atoms in total. The summed E-state index contributed by atoms with van der Waals surface area (Å²) in [6.45, 7) is 0.518. The number of aromatic nitrogens is 1. The first kappa shape index (κ1) is 11.7. The highest BCUT2D eigenvalue weighted by Crippen LogP contribution is 2.20. The molecule has 1 heterocycles. The second kappa shape index (κ2) is 5.50. The van der Waals surface area contributed by atoms with E-state index in [1.807, 2.05) is 60.7 Å². The van der Waals surface area contributed by atoms with Gasteiger partial charge >= 0.3 is 0 Å². The maximum Gasteiger partial charge on any atom is 0.0996 e. The molecule has 0 unspecified atom stereocenters. The van der Waals surface area contributed by atoms with Crippen LogP contribution in [0.2, 0.25) is 0 Å². The Labute approximate surface area is 111 Å². The Balaban J connectivity index is 1.72. The van der Waals surface area contributed by atoms with Crippen molar-refractivity contribution in [3.8, 4) is 0 Å². The zero-order valence-electron chi connectivity index (χ0n) is 10.4. The van der Waals surface area contributed by atoms with Crippen molar-refractivity contribution in [2.24, 2.45) is 0 Å². The normalized spacial score (nSPS) is 10.5. The van der Waals surface area contributed by atoms with Gasteiger partial charge in [-0.3, -0.25) is 15.3 Å². The number of anilines is 1. The van der Waals surface area contributed by atoms with Crippen LogP contribution in [0.4, 0.5) is 5.69 Å². The number of hydrogen-bond acceptors (Lipinski definition) is 3. The maximum absolute atomic E-state index is 5.52. The fourth-order valence-electron chi connectivity index (χ4n) is 1.96. The van der Waals surface area contributed by atoms with E-state index in [1.54, 1.807) is 6.20 Å². The molecule has 0 aliphatic carbocycles. The van der Waals surface area contributed by atoms with Crippen LogP contribution in [0.25, 0.3) is 10.9 Å². The summed E-state index contributed by atoms with van der Waals surface area (Å²) in [6.07, 6.45) is 1.78.